The number of carbonyl (C=O) groups excluding carboxylic acids is 1. The lowest BCUT2D eigenvalue weighted by atomic mass is 10.1. The predicted octanol–water partition coefficient (Wildman–Crippen LogP) is 3.15. The molecule has 0 radical (unpaired) electrons. The molecule has 0 bridgehead atoms. The minimum Gasteiger partial charge on any atom is -0.485 e. The molecule has 0 fully saturated rings. The normalized spacial score (nSPS) is 10.8. The zero-order chi connectivity index (χ0) is 18.0. The molecule has 2 heterocycles. The average Bonchev–Trinajstić information content (AvgIpc) is 3.07. The third kappa shape index (κ3) is 3.40. The number of esters is 1. The molecule has 25 heavy (non-hydrogen) atoms. The lowest BCUT2D eigenvalue weighted by Gasteiger charge is -2.07. The molecule has 0 unspecified atom stereocenters. The third-order valence-corrected chi connectivity index (χ3v) is 3.85. The maximum absolute atomic E-state index is 11.8. The summed E-state index contributed by atoms with van der Waals surface area (Å²) in [6.45, 7) is 5.66. The van der Waals surface area contributed by atoms with E-state index in [9.17, 15) is 9.59 Å². The van der Waals surface area contributed by atoms with Gasteiger partial charge in [-0.2, -0.15) is 0 Å². The third-order valence-electron chi connectivity index (χ3n) is 3.85. The van der Waals surface area contributed by atoms with E-state index >= 15 is 0 Å². The van der Waals surface area contributed by atoms with Crippen LogP contribution in [0.2, 0.25) is 0 Å². The molecule has 7 heteroatoms. The van der Waals surface area contributed by atoms with Gasteiger partial charge >= 0.3 is 11.6 Å². The molecule has 0 spiro atoms. The Morgan fingerprint density at radius 3 is 2.76 bits per heavy atom. The summed E-state index contributed by atoms with van der Waals surface area (Å²) in [5, 5.41) is 4.50. The second-order valence-corrected chi connectivity index (χ2v) is 5.49. The van der Waals surface area contributed by atoms with Crippen molar-refractivity contribution in [1.82, 2.24) is 5.16 Å². The number of benzene rings is 1. The summed E-state index contributed by atoms with van der Waals surface area (Å²) in [6.07, 6.45) is 0. The maximum atomic E-state index is 11.8. The SMILES string of the molecule is CCOC(=O)c1cc(COc2ccc3c(C)c(C)c(=O)oc3c2)on1. The molecule has 0 atom stereocenters. The van der Waals surface area contributed by atoms with E-state index in [0.717, 1.165) is 10.9 Å². The molecule has 1 aromatic carbocycles. The van der Waals surface area contributed by atoms with Gasteiger partial charge in [0.05, 0.1) is 6.61 Å². The molecular formula is C18H17NO6. The Kier molecular flexibility index (Phi) is 4.56. The molecular weight excluding hydrogens is 326 g/mol. The van der Waals surface area contributed by atoms with Gasteiger partial charge in [-0.3, -0.25) is 0 Å². The van der Waals surface area contributed by atoms with Crippen LogP contribution in [0.25, 0.3) is 11.0 Å². The number of ether oxygens (including phenoxy) is 2. The highest BCUT2D eigenvalue weighted by atomic mass is 16.5. The Hall–Kier alpha value is -3.09. The number of aromatic nitrogens is 1. The largest absolute Gasteiger partial charge is 0.485 e. The number of hydrogen-bond acceptors (Lipinski definition) is 7. The smallest absolute Gasteiger partial charge is 0.360 e. The van der Waals surface area contributed by atoms with E-state index in [1.807, 2.05) is 13.0 Å². The fourth-order valence-corrected chi connectivity index (χ4v) is 2.35. The van der Waals surface area contributed by atoms with Gasteiger partial charge in [-0.25, -0.2) is 9.59 Å². The van der Waals surface area contributed by atoms with Gasteiger partial charge in [0.2, 0.25) is 0 Å². The van der Waals surface area contributed by atoms with Gasteiger partial charge in [-0.15, -0.1) is 0 Å². The summed E-state index contributed by atoms with van der Waals surface area (Å²) in [5.74, 6) is 0.341. The van der Waals surface area contributed by atoms with Crippen LogP contribution >= 0.6 is 0 Å². The Balaban J connectivity index is 1.77. The lowest BCUT2D eigenvalue weighted by Crippen LogP contribution is -2.05. The van der Waals surface area contributed by atoms with Gasteiger partial charge in [-0.05, 0) is 38.5 Å². The van der Waals surface area contributed by atoms with Crippen LogP contribution < -0.4 is 10.4 Å². The van der Waals surface area contributed by atoms with Crippen LogP contribution in [-0.2, 0) is 11.3 Å². The first-order valence-electron chi connectivity index (χ1n) is 7.79. The number of carbonyl (C=O) groups is 1. The van der Waals surface area contributed by atoms with Crippen LogP contribution in [0.3, 0.4) is 0 Å². The van der Waals surface area contributed by atoms with Gasteiger partial charge in [0, 0.05) is 23.1 Å². The predicted molar refractivity (Wildman–Crippen MR) is 88.7 cm³/mol. The first kappa shape index (κ1) is 16.8. The number of hydrogen-bond donors (Lipinski definition) is 0. The summed E-state index contributed by atoms with van der Waals surface area (Å²) < 4.78 is 20.8. The van der Waals surface area contributed by atoms with Crippen molar-refractivity contribution in [2.24, 2.45) is 0 Å². The molecule has 3 rings (SSSR count). The van der Waals surface area contributed by atoms with E-state index in [1.165, 1.54) is 6.07 Å². The van der Waals surface area contributed by atoms with Crippen LogP contribution in [0.5, 0.6) is 5.75 Å². The lowest BCUT2D eigenvalue weighted by molar-refractivity contribution is 0.0514. The fraction of sp³-hybridized carbons (Fsp3) is 0.278. The molecule has 2 aromatic heterocycles. The zero-order valence-electron chi connectivity index (χ0n) is 14.1. The molecule has 0 amide bonds. The number of fused-ring (bicyclic) bond motifs is 1. The molecule has 130 valence electrons. The van der Waals surface area contributed by atoms with Crippen LogP contribution in [0.15, 0.2) is 38.0 Å². The van der Waals surface area contributed by atoms with Crippen molar-refractivity contribution < 1.29 is 23.2 Å². The van der Waals surface area contributed by atoms with Crippen LogP contribution in [0.1, 0.15) is 34.3 Å². The first-order valence-corrected chi connectivity index (χ1v) is 7.79. The first-order chi connectivity index (χ1) is 12.0. The highest BCUT2D eigenvalue weighted by molar-refractivity contribution is 5.87. The Labute approximate surface area is 143 Å². The Morgan fingerprint density at radius 1 is 1.20 bits per heavy atom. The van der Waals surface area contributed by atoms with Gasteiger partial charge in [0.15, 0.2) is 11.5 Å². The van der Waals surface area contributed by atoms with Crippen LogP contribution in [0, 0.1) is 13.8 Å². The molecule has 3 aromatic rings. The summed E-state index contributed by atoms with van der Waals surface area (Å²) in [4.78, 5) is 23.3. The standard InChI is InChI=1S/C18H17NO6/c1-4-22-18(21)15-7-13(25-19-15)9-23-12-5-6-14-10(2)11(3)17(20)24-16(14)8-12/h5-8H,4,9H2,1-3H3. The van der Waals surface area contributed by atoms with Crippen molar-refractivity contribution in [3.05, 3.63) is 57.3 Å². The minimum atomic E-state index is -0.546. The van der Waals surface area contributed by atoms with Gasteiger partial charge < -0.3 is 18.4 Å². The molecule has 0 aliphatic rings. The van der Waals surface area contributed by atoms with Gasteiger partial charge in [0.1, 0.15) is 17.9 Å². The number of nitrogens with zero attached hydrogens (tertiary/aromatic N) is 1. The summed E-state index contributed by atoms with van der Waals surface area (Å²) in [6, 6.07) is 6.72. The average molecular weight is 343 g/mol. The monoisotopic (exact) mass is 343 g/mol. The van der Waals surface area contributed by atoms with Crippen molar-refractivity contribution in [3.8, 4) is 5.75 Å². The van der Waals surface area contributed by atoms with E-state index in [4.69, 9.17) is 18.4 Å². The molecule has 0 aliphatic carbocycles. The minimum absolute atomic E-state index is 0.0764. The van der Waals surface area contributed by atoms with Gasteiger partial charge in [0.25, 0.3) is 0 Å². The van der Waals surface area contributed by atoms with Gasteiger partial charge in [-0.1, -0.05) is 5.16 Å². The van der Waals surface area contributed by atoms with Crippen molar-refractivity contribution in [2.45, 2.75) is 27.4 Å². The van der Waals surface area contributed by atoms with Crippen molar-refractivity contribution in [2.75, 3.05) is 6.61 Å². The molecule has 7 nitrogen and oxygen atoms in total. The second kappa shape index (κ2) is 6.80. The highest BCUT2D eigenvalue weighted by Gasteiger charge is 2.14. The summed E-state index contributed by atoms with van der Waals surface area (Å²) in [5.41, 5.74) is 1.66. The summed E-state index contributed by atoms with van der Waals surface area (Å²) in [7, 11) is 0. The molecule has 0 aliphatic heterocycles. The molecule has 0 N–H and O–H groups in total. The quantitative estimate of drug-likeness (QED) is 0.519. The number of aryl methyl sites for hydroxylation is 1. The summed E-state index contributed by atoms with van der Waals surface area (Å²) >= 11 is 0. The van der Waals surface area contributed by atoms with E-state index in [1.54, 1.807) is 26.0 Å². The van der Waals surface area contributed by atoms with Crippen LogP contribution in [0.4, 0.5) is 0 Å². The van der Waals surface area contributed by atoms with Crippen molar-refractivity contribution in [3.63, 3.8) is 0 Å². The molecule has 0 saturated carbocycles. The Morgan fingerprint density at radius 2 is 2.00 bits per heavy atom. The van der Waals surface area contributed by atoms with Crippen LogP contribution in [-0.4, -0.2) is 17.7 Å². The topological polar surface area (TPSA) is 91.8 Å². The highest BCUT2D eigenvalue weighted by Crippen LogP contribution is 2.24. The van der Waals surface area contributed by atoms with E-state index in [2.05, 4.69) is 5.16 Å². The zero-order valence-corrected chi connectivity index (χ0v) is 14.1. The van der Waals surface area contributed by atoms with E-state index in [0.29, 0.717) is 22.7 Å². The Bertz CT molecular complexity index is 985. The molecule has 0 saturated heterocycles. The number of rotatable bonds is 5. The van der Waals surface area contributed by atoms with Crippen molar-refractivity contribution >= 4 is 16.9 Å². The van der Waals surface area contributed by atoms with E-state index < -0.39 is 5.97 Å². The fourth-order valence-electron chi connectivity index (χ4n) is 2.35. The second-order valence-electron chi connectivity index (χ2n) is 5.49. The van der Waals surface area contributed by atoms with Crippen molar-refractivity contribution in [1.29, 1.82) is 0 Å². The maximum Gasteiger partial charge on any atom is 0.360 e. The van der Waals surface area contributed by atoms with E-state index in [-0.39, 0.29) is 24.5 Å².